The Morgan fingerprint density at radius 3 is 2.94 bits per heavy atom. The first-order chi connectivity index (χ1) is 8.15. The maximum Gasteiger partial charge on any atom is 0.240 e. The van der Waals surface area contributed by atoms with Crippen molar-refractivity contribution >= 4 is 35.0 Å². The number of hydrogen-bond donors (Lipinski definition) is 1. The highest BCUT2D eigenvalue weighted by Gasteiger charge is 2.37. The number of alkyl halides is 1. The average molecular weight is 270 g/mol. The SMILES string of the molecule is CC1(C(=O)Nc2ccccc2CCl)CCCS1. The average Bonchev–Trinajstić information content (AvgIpc) is 2.78. The predicted octanol–water partition coefficient (Wildman–Crippen LogP) is 3.65. The number of rotatable bonds is 3. The molecule has 0 bridgehead atoms. The number of thioether (sulfide) groups is 1. The summed E-state index contributed by atoms with van der Waals surface area (Å²) in [7, 11) is 0. The number of carbonyl (C=O) groups excluding carboxylic acids is 1. The third-order valence-electron chi connectivity index (χ3n) is 3.11. The summed E-state index contributed by atoms with van der Waals surface area (Å²) < 4.78 is -0.278. The lowest BCUT2D eigenvalue weighted by atomic mass is 10.0. The zero-order valence-corrected chi connectivity index (χ0v) is 11.4. The third-order valence-corrected chi connectivity index (χ3v) is 4.92. The van der Waals surface area contributed by atoms with E-state index in [0.29, 0.717) is 5.88 Å². The molecule has 0 radical (unpaired) electrons. The molecule has 0 aromatic heterocycles. The molecule has 1 aromatic rings. The van der Waals surface area contributed by atoms with Gasteiger partial charge in [-0.3, -0.25) is 4.79 Å². The fourth-order valence-corrected chi connectivity index (χ4v) is 3.41. The first-order valence-electron chi connectivity index (χ1n) is 5.75. The second-order valence-electron chi connectivity index (χ2n) is 4.43. The molecular weight excluding hydrogens is 254 g/mol. The highest BCUT2D eigenvalue weighted by Crippen LogP contribution is 2.38. The summed E-state index contributed by atoms with van der Waals surface area (Å²) in [5.41, 5.74) is 1.80. The molecule has 1 amide bonds. The zero-order valence-electron chi connectivity index (χ0n) is 9.83. The fourth-order valence-electron chi connectivity index (χ4n) is 1.97. The van der Waals surface area contributed by atoms with Gasteiger partial charge < -0.3 is 5.32 Å². The van der Waals surface area contributed by atoms with E-state index < -0.39 is 0 Å². The molecule has 2 nitrogen and oxygen atoms in total. The van der Waals surface area contributed by atoms with Crippen LogP contribution in [0.15, 0.2) is 24.3 Å². The van der Waals surface area contributed by atoms with Crippen LogP contribution in [-0.2, 0) is 10.7 Å². The van der Waals surface area contributed by atoms with Crippen LogP contribution in [0.4, 0.5) is 5.69 Å². The normalized spacial score (nSPS) is 23.6. The topological polar surface area (TPSA) is 29.1 Å². The van der Waals surface area contributed by atoms with E-state index >= 15 is 0 Å². The number of anilines is 1. The molecule has 1 aliphatic heterocycles. The van der Waals surface area contributed by atoms with E-state index in [0.717, 1.165) is 29.8 Å². The first-order valence-corrected chi connectivity index (χ1v) is 7.27. The quantitative estimate of drug-likeness (QED) is 0.849. The van der Waals surface area contributed by atoms with Gasteiger partial charge in [-0.15, -0.1) is 23.4 Å². The molecule has 1 heterocycles. The van der Waals surface area contributed by atoms with Crippen molar-refractivity contribution < 1.29 is 4.79 Å². The summed E-state index contributed by atoms with van der Waals surface area (Å²) in [5.74, 6) is 1.58. The van der Waals surface area contributed by atoms with Gasteiger partial charge in [-0.2, -0.15) is 0 Å². The third kappa shape index (κ3) is 2.78. The molecule has 1 fully saturated rings. The van der Waals surface area contributed by atoms with Gasteiger partial charge in [0.05, 0.1) is 4.75 Å². The van der Waals surface area contributed by atoms with E-state index in [4.69, 9.17) is 11.6 Å². The number of hydrogen-bond acceptors (Lipinski definition) is 2. The van der Waals surface area contributed by atoms with Crippen LogP contribution in [0.5, 0.6) is 0 Å². The molecule has 1 aliphatic rings. The summed E-state index contributed by atoms with van der Waals surface area (Å²) in [5, 5.41) is 3.00. The highest BCUT2D eigenvalue weighted by atomic mass is 35.5. The van der Waals surface area contributed by atoms with Gasteiger partial charge in [0.1, 0.15) is 0 Å². The summed E-state index contributed by atoms with van der Waals surface area (Å²) in [6, 6.07) is 7.68. The Morgan fingerprint density at radius 2 is 2.29 bits per heavy atom. The molecule has 0 aliphatic carbocycles. The smallest absolute Gasteiger partial charge is 0.240 e. The van der Waals surface area contributed by atoms with Gasteiger partial charge in [0, 0.05) is 11.6 Å². The van der Waals surface area contributed by atoms with Gasteiger partial charge in [-0.25, -0.2) is 0 Å². The van der Waals surface area contributed by atoms with Crippen LogP contribution in [0.3, 0.4) is 0 Å². The van der Waals surface area contributed by atoms with E-state index in [1.807, 2.05) is 31.2 Å². The Balaban J connectivity index is 2.12. The van der Waals surface area contributed by atoms with Crippen molar-refractivity contribution in [3.8, 4) is 0 Å². The molecule has 92 valence electrons. The zero-order chi connectivity index (χ0) is 12.3. The van der Waals surface area contributed by atoms with E-state index in [1.165, 1.54) is 0 Å². The maximum absolute atomic E-state index is 12.2. The molecular formula is C13H16ClNOS. The molecule has 0 saturated carbocycles. The number of amides is 1. The van der Waals surface area contributed by atoms with Crippen molar-refractivity contribution in [1.29, 1.82) is 0 Å². The van der Waals surface area contributed by atoms with Gasteiger partial charge in [-0.05, 0) is 37.1 Å². The van der Waals surface area contributed by atoms with E-state index in [2.05, 4.69) is 5.32 Å². The Kier molecular flexibility index (Phi) is 4.00. The Bertz CT molecular complexity index is 416. The molecule has 1 aromatic carbocycles. The molecule has 1 N–H and O–H groups in total. The van der Waals surface area contributed by atoms with Crippen molar-refractivity contribution in [3.63, 3.8) is 0 Å². The second kappa shape index (κ2) is 5.32. The molecule has 1 atom stereocenters. The van der Waals surface area contributed by atoms with Gasteiger partial charge in [0.15, 0.2) is 0 Å². The summed E-state index contributed by atoms with van der Waals surface area (Å²) >= 11 is 7.59. The predicted molar refractivity (Wildman–Crippen MR) is 74.7 cm³/mol. The first kappa shape index (κ1) is 12.8. The fraction of sp³-hybridized carbons (Fsp3) is 0.462. The molecule has 1 unspecified atom stereocenters. The lowest BCUT2D eigenvalue weighted by Gasteiger charge is -2.22. The number of benzene rings is 1. The number of halogens is 1. The number of carbonyl (C=O) groups is 1. The van der Waals surface area contributed by atoms with Crippen LogP contribution < -0.4 is 5.32 Å². The Hall–Kier alpha value is -0.670. The van der Waals surface area contributed by atoms with Crippen molar-refractivity contribution in [1.82, 2.24) is 0 Å². The molecule has 2 rings (SSSR count). The van der Waals surface area contributed by atoms with Crippen LogP contribution in [0, 0.1) is 0 Å². The van der Waals surface area contributed by atoms with Crippen molar-refractivity contribution in [2.45, 2.75) is 30.4 Å². The minimum absolute atomic E-state index is 0.0950. The minimum atomic E-state index is -0.278. The van der Waals surface area contributed by atoms with Gasteiger partial charge in [0.25, 0.3) is 0 Å². The van der Waals surface area contributed by atoms with Gasteiger partial charge in [0.2, 0.25) is 5.91 Å². The molecule has 4 heteroatoms. The largest absolute Gasteiger partial charge is 0.325 e. The highest BCUT2D eigenvalue weighted by molar-refractivity contribution is 8.01. The van der Waals surface area contributed by atoms with E-state index in [1.54, 1.807) is 11.8 Å². The summed E-state index contributed by atoms with van der Waals surface area (Å²) in [6.07, 6.45) is 2.07. The standard InChI is InChI=1S/C13H16ClNOS/c1-13(7-4-8-17-13)12(16)15-11-6-3-2-5-10(11)9-14/h2-3,5-6H,4,7-9H2,1H3,(H,15,16). The van der Waals surface area contributed by atoms with Crippen molar-refractivity contribution in [3.05, 3.63) is 29.8 Å². The molecule has 1 saturated heterocycles. The van der Waals surface area contributed by atoms with E-state index in [9.17, 15) is 4.79 Å². The Morgan fingerprint density at radius 1 is 1.53 bits per heavy atom. The van der Waals surface area contributed by atoms with Crippen molar-refractivity contribution in [2.75, 3.05) is 11.1 Å². The van der Waals surface area contributed by atoms with E-state index in [-0.39, 0.29) is 10.7 Å². The lowest BCUT2D eigenvalue weighted by Crippen LogP contribution is -2.34. The van der Waals surface area contributed by atoms with Crippen LogP contribution in [0.25, 0.3) is 0 Å². The van der Waals surface area contributed by atoms with Gasteiger partial charge >= 0.3 is 0 Å². The summed E-state index contributed by atoms with van der Waals surface area (Å²) in [6.45, 7) is 2.02. The van der Waals surface area contributed by atoms with Crippen LogP contribution in [-0.4, -0.2) is 16.4 Å². The molecule has 0 spiro atoms. The monoisotopic (exact) mass is 269 g/mol. The van der Waals surface area contributed by atoms with Crippen LogP contribution in [0.1, 0.15) is 25.3 Å². The van der Waals surface area contributed by atoms with Gasteiger partial charge in [-0.1, -0.05) is 18.2 Å². The number of nitrogens with one attached hydrogen (secondary N) is 1. The summed E-state index contributed by atoms with van der Waals surface area (Å²) in [4.78, 5) is 12.2. The van der Waals surface area contributed by atoms with Crippen LogP contribution >= 0.6 is 23.4 Å². The maximum atomic E-state index is 12.2. The lowest BCUT2D eigenvalue weighted by molar-refractivity contribution is -0.118. The van der Waals surface area contributed by atoms with Crippen molar-refractivity contribution in [2.24, 2.45) is 0 Å². The molecule has 17 heavy (non-hydrogen) atoms. The number of para-hydroxylation sites is 1. The second-order valence-corrected chi connectivity index (χ2v) is 6.29. The van der Waals surface area contributed by atoms with Crippen LogP contribution in [0.2, 0.25) is 0 Å². The Labute approximate surface area is 111 Å². The minimum Gasteiger partial charge on any atom is -0.325 e.